The maximum Gasteiger partial charge on any atom is 0.289 e. The van der Waals surface area contributed by atoms with Gasteiger partial charge >= 0.3 is 0 Å². The number of hydrogen-bond donors (Lipinski definition) is 4. The van der Waals surface area contributed by atoms with Crippen LogP contribution in [0.4, 0.5) is 0 Å². The molecule has 2 saturated carbocycles. The van der Waals surface area contributed by atoms with Crippen LogP contribution in [0.3, 0.4) is 0 Å². The summed E-state index contributed by atoms with van der Waals surface area (Å²) in [4.78, 5) is 113. The number of aromatic nitrogens is 2. The molecule has 19 nitrogen and oxygen atoms in total. The first-order chi connectivity index (χ1) is 31.6. The average Bonchev–Trinajstić information content (AvgIpc) is 3.59. The number of ether oxygens (including phenoxy) is 3. The molecule has 66 heavy (non-hydrogen) atoms. The number of Topliss-reactive ketones (excluding diaryl/α,β-unsaturated/α-hetero) is 1. The summed E-state index contributed by atoms with van der Waals surface area (Å²) in [7, 11) is 0. The molecule has 5 fully saturated rings. The molecule has 2 unspecified atom stereocenters. The van der Waals surface area contributed by atoms with Gasteiger partial charge in [0.05, 0.1) is 24.8 Å². The Morgan fingerprint density at radius 2 is 1.71 bits per heavy atom. The molecule has 5 heterocycles. The summed E-state index contributed by atoms with van der Waals surface area (Å²) >= 11 is 0. The van der Waals surface area contributed by atoms with Crippen molar-refractivity contribution < 1.29 is 47.8 Å². The first kappa shape index (κ1) is 46.7. The monoisotopic (exact) mass is 913 g/mol. The highest BCUT2D eigenvalue weighted by Crippen LogP contribution is 2.47. The fourth-order valence-electron chi connectivity index (χ4n) is 10.5. The quantitative estimate of drug-likeness (QED) is 0.177. The number of amides is 6. The summed E-state index contributed by atoms with van der Waals surface area (Å²) in [6.45, 7) is 9.72. The zero-order chi connectivity index (χ0) is 46.9. The maximum atomic E-state index is 15.5. The van der Waals surface area contributed by atoms with Crippen LogP contribution in [0.2, 0.25) is 0 Å². The van der Waals surface area contributed by atoms with E-state index in [4.69, 9.17) is 14.2 Å². The van der Waals surface area contributed by atoms with Crippen molar-refractivity contribution >= 4 is 41.2 Å². The summed E-state index contributed by atoms with van der Waals surface area (Å²) in [6, 6.07) is 0.0111. The number of fused-ring (bicyclic) bond motifs is 3. The first-order valence-corrected chi connectivity index (χ1v) is 23.6. The Kier molecular flexibility index (Phi) is 13.6. The van der Waals surface area contributed by atoms with Crippen LogP contribution in [-0.4, -0.2) is 140 Å². The van der Waals surface area contributed by atoms with E-state index in [1.165, 1.54) is 23.5 Å². The number of benzene rings is 1. The number of nitrogens with zero attached hydrogens (tertiary/aromatic N) is 5. The second-order valence-electron chi connectivity index (χ2n) is 19.6. The van der Waals surface area contributed by atoms with E-state index in [1.54, 1.807) is 23.1 Å². The molecule has 19 heteroatoms. The van der Waals surface area contributed by atoms with Crippen LogP contribution in [0.25, 0.3) is 0 Å². The number of nitrogens with one attached hydrogen (secondary N) is 4. The van der Waals surface area contributed by atoms with Crippen molar-refractivity contribution in [1.82, 2.24) is 45.9 Å². The molecular formula is C47H63N9O10. The molecule has 1 spiro atoms. The van der Waals surface area contributed by atoms with E-state index in [9.17, 15) is 28.8 Å². The van der Waals surface area contributed by atoms with E-state index in [-0.39, 0.29) is 56.3 Å². The van der Waals surface area contributed by atoms with Gasteiger partial charge in [-0.1, -0.05) is 53.4 Å². The van der Waals surface area contributed by atoms with Gasteiger partial charge in [0.15, 0.2) is 11.5 Å². The zero-order valence-electron chi connectivity index (χ0n) is 38.5. The molecule has 1 aromatic heterocycles. The lowest BCUT2D eigenvalue weighted by molar-refractivity contribution is -0.145. The standard InChI is InChI=1S/C47H63N9O10/c1-6-11-31(38(57)43(61)50-28-14-15-28)51-41(59)34-22-47(55(7-2)44(62)33-20-30(24-56(33)47)66-29-16-17-35-36(21-29)65-26-64-35)25-54(34)45(63)39(46(3,4)5)53-42(60)37(27-12-9-8-10-13-27)52-40(58)32-23-48-18-19-49-32/h16-19,21,23,27-28,30-31,33-34,37,39H,6-15,20,22,24-26H2,1-5H3,(H,50,61)(H,51,59)(H,52,58)(H,53,60)/t30-,31?,33-,34-,37-,39+,47?/m0/s1. The van der Waals surface area contributed by atoms with Crippen molar-refractivity contribution in [3.05, 3.63) is 42.5 Å². The van der Waals surface area contributed by atoms with Crippen molar-refractivity contribution in [2.45, 2.75) is 153 Å². The van der Waals surface area contributed by atoms with E-state index in [0.717, 1.165) is 32.1 Å². The van der Waals surface area contributed by atoms with E-state index in [0.29, 0.717) is 49.5 Å². The second-order valence-corrected chi connectivity index (χ2v) is 19.6. The lowest BCUT2D eigenvalue weighted by Crippen LogP contribution is -2.62. The highest BCUT2D eigenvalue weighted by atomic mass is 16.7. The van der Waals surface area contributed by atoms with Crippen molar-refractivity contribution in [1.29, 1.82) is 0 Å². The number of carbonyl (C=O) groups is 7. The average molecular weight is 914 g/mol. The van der Waals surface area contributed by atoms with E-state index in [1.807, 2.05) is 39.5 Å². The molecule has 0 radical (unpaired) electrons. The van der Waals surface area contributed by atoms with Crippen LogP contribution in [0.5, 0.6) is 17.2 Å². The van der Waals surface area contributed by atoms with Crippen LogP contribution in [0.15, 0.2) is 36.8 Å². The second kappa shape index (κ2) is 19.2. The predicted molar refractivity (Wildman–Crippen MR) is 237 cm³/mol. The number of likely N-dealkylation sites (tertiary alicyclic amines) is 1. The summed E-state index contributed by atoms with van der Waals surface area (Å²) in [5, 5.41) is 11.5. The van der Waals surface area contributed by atoms with E-state index >= 15 is 4.79 Å². The molecule has 6 aliphatic rings. The zero-order valence-corrected chi connectivity index (χ0v) is 38.5. The number of hydrogen-bond acceptors (Lipinski definition) is 13. The van der Waals surface area contributed by atoms with Crippen LogP contribution in [0, 0.1) is 11.3 Å². The molecule has 6 amide bonds. The lowest BCUT2D eigenvalue weighted by Gasteiger charge is -2.41. The minimum atomic E-state index is -1.22. The van der Waals surface area contributed by atoms with Crippen LogP contribution < -0.4 is 35.5 Å². The third-order valence-corrected chi connectivity index (χ3v) is 14.0. The maximum absolute atomic E-state index is 15.5. The number of likely N-dealkylation sites (N-methyl/N-ethyl adjacent to an activating group) is 1. The number of rotatable bonds is 16. The van der Waals surface area contributed by atoms with Crippen LogP contribution in [0.1, 0.15) is 116 Å². The van der Waals surface area contributed by atoms with E-state index < -0.39 is 82.7 Å². The van der Waals surface area contributed by atoms with Gasteiger partial charge < -0.3 is 45.3 Å². The van der Waals surface area contributed by atoms with Gasteiger partial charge in [0.1, 0.15) is 41.3 Å². The minimum Gasteiger partial charge on any atom is -0.489 e. The summed E-state index contributed by atoms with van der Waals surface area (Å²) in [6.07, 6.45) is 10.4. The van der Waals surface area contributed by atoms with Gasteiger partial charge in [0.2, 0.25) is 36.2 Å². The third kappa shape index (κ3) is 9.53. The molecule has 2 aromatic rings. The van der Waals surface area contributed by atoms with Gasteiger partial charge in [-0.2, -0.15) is 0 Å². The largest absolute Gasteiger partial charge is 0.489 e. The molecule has 7 atom stereocenters. The SMILES string of the molecule is CCCC(NC(=O)[C@@H]1CC2(CN1C(=O)[C@@H](NC(=O)[C@@H](NC(=O)c1cnccn1)C1CCCCC1)C(C)(C)C)N(CC)C(=O)[C@@H]1C[C@H](Oc3ccc4c(c3)OCO4)CN12)C(=O)C(=O)NC1CC1. The topological polar surface area (TPSA) is 231 Å². The third-order valence-electron chi connectivity index (χ3n) is 14.0. The Labute approximate surface area is 384 Å². The molecule has 4 N–H and O–H groups in total. The van der Waals surface area contributed by atoms with Crippen molar-refractivity contribution in [2.24, 2.45) is 11.3 Å². The van der Waals surface area contributed by atoms with Gasteiger partial charge in [-0.25, -0.2) is 4.98 Å². The molecule has 3 saturated heterocycles. The van der Waals surface area contributed by atoms with Gasteiger partial charge in [-0.15, -0.1) is 0 Å². The van der Waals surface area contributed by atoms with Crippen molar-refractivity contribution in [3.63, 3.8) is 0 Å². The molecule has 2 aliphatic carbocycles. The van der Waals surface area contributed by atoms with Crippen molar-refractivity contribution in [3.8, 4) is 17.2 Å². The molecular weight excluding hydrogens is 851 g/mol. The first-order valence-electron chi connectivity index (χ1n) is 23.6. The Morgan fingerprint density at radius 1 is 0.955 bits per heavy atom. The Morgan fingerprint density at radius 3 is 2.39 bits per heavy atom. The molecule has 8 rings (SSSR count). The summed E-state index contributed by atoms with van der Waals surface area (Å²) < 4.78 is 17.5. The number of carbonyl (C=O) groups excluding carboxylic acids is 7. The highest BCUT2D eigenvalue weighted by Gasteiger charge is 2.66. The fourth-order valence-corrected chi connectivity index (χ4v) is 10.5. The van der Waals surface area contributed by atoms with E-state index in [2.05, 4.69) is 31.2 Å². The minimum absolute atomic E-state index is 0.0115. The molecule has 4 aliphatic heterocycles. The number of ketones is 1. The van der Waals surface area contributed by atoms with Crippen molar-refractivity contribution in [2.75, 3.05) is 26.4 Å². The Bertz CT molecular complexity index is 2190. The van der Waals surface area contributed by atoms with Gasteiger partial charge in [-0.05, 0) is 62.5 Å². The van der Waals surface area contributed by atoms with Crippen LogP contribution in [-0.2, 0) is 28.8 Å². The van der Waals surface area contributed by atoms with Crippen LogP contribution >= 0.6 is 0 Å². The smallest absolute Gasteiger partial charge is 0.289 e. The van der Waals surface area contributed by atoms with Gasteiger partial charge in [0.25, 0.3) is 11.8 Å². The Hall–Kier alpha value is -5.85. The Balaban J connectivity index is 1.10. The molecule has 1 aromatic carbocycles. The molecule has 0 bridgehead atoms. The highest BCUT2D eigenvalue weighted by molar-refractivity contribution is 6.38. The predicted octanol–water partition coefficient (Wildman–Crippen LogP) is 2.23. The lowest BCUT2D eigenvalue weighted by atomic mass is 9.82. The van der Waals surface area contributed by atoms with Gasteiger partial charge in [0, 0.05) is 50.4 Å². The molecule has 356 valence electrons. The normalized spacial score (nSPS) is 25.2. The van der Waals surface area contributed by atoms with Gasteiger partial charge in [-0.3, -0.25) is 43.4 Å². The fraction of sp³-hybridized carbons (Fsp3) is 0.638. The summed E-state index contributed by atoms with van der Waals surface area (Å²) in [5.41, 5.74) is -2.05. The summed E-state index contributed by atoms with van der Waals surface area (Å²) in [5.74, 6) is -2.55.